The van der Waals surface area contributed by atoms with Crippen LogP contribution in [-0.4, -0.2) is 39.5 Å². The first-order valence-corrected chi connectivity index (χ1v) is 12.5. The van der Waals surface area contributed by atoms with Crippen molar-refractivity contribution in [2.45, 2.75) is 51.8 Å². The molecule has 182 valence electrons. The number of hydrogen-bond donors (Lipinski definition) is 1. The largest absolute Gasteiger partial charge is 0.486 e. The van der Waals surface area contributed by atoms with Gasteiger partial charge in [0.1, 0.15) is 17.4 Å². The molecule has 0 saturated heterocycles. The molecule has 1 aromatic carbocycles. The van der Waals surface area contributed by atoms with Crippen molar-refractivity contribution in [1.82, 2.24) is 14.8 Å². The Bertz CT molecular complexity index is 1180. The molecule has 0 aliphatic rings. The molecule has 0 aliphatic heterocycles. The molecular weight excluding hydrogens is 472 g/mol. The molecule has 1 amide bonds. The molecule has 2 aromatic heterocycles. The van der Waals surface area contributed by atoms with Gasteiger partial charge < -0.3 is 19.4 Å². The first-order chi connectivity index (χ1) is 16.0. The van der Waals surface area contributed by atoms with Gasteiger partial charge in [-0.25, -0.2) is 4.79 Å². The molecule has 34 heavy (non-hydrogen) atoms. The number of amides is 1. The Labute approximate surface area is 208 Å². The number of aryl methyl sites for hydroxylation is 1. The summed E-state index contributed by atoms with van der Waals surface area (Å²) in [4.78, 5) is 25.6. The van der Waals surface area contributed by atoms with Crippen molar-refractivity contribution >= 4 is 40.0 Å². The van der Waals surface area contributed by atoms with Crippen molar-refractivity contribution in [2.75, 3.05) is 18.2 Å². The summed E-state index contributed by atoms with van der Waals surface area (Å²) in [6.07, 6.45) is 0. The number of esters is 1. The van der Waals surface area contributed by atoms with Gasteiger partial charge in [-0.15, -0.1) is 21.5 Å². The summed E-state index contributed by atoms with van der Waals surface area (Å²) >= 11 is 2.62. The Kier molecular flexibility index (Phi) is 8.04. The summed E-state index contributed by atoms with van der Waals surface area (Å²) < 4.78 is 12.5. The summed E-state index contributed by atoms with van der Waals surface area (Å²) in [5.41, 5.74) is 2.53. The van der Waals surface area contributed by atoms with Gasteiger partial charge in [-0.2, -0.15) is 0 Å². The molecule has 1 N–H and O–H groups in total. The quantitative estimate of drug-likeness (QED) is 0.346. The van der Waals surface area contributed by atoms with Gasteiger partial charge in [0.25, 0.3) is 0 Å². The second-order valence-corrected chi connectivity index (χ2v) is 11.0. The second kappa shape index (κ2) is 10.6. The topological polar surface area (TPSA) is 95.3 Å². The van der Waals surface area contributed by atoms with Crippen molar-refractivity contribution in [1.29, 1.82) is 0 Å². The Morgan fingerprint density at radius 1 is 1.15 bits per heavy atom. The number of thiophene rings is 1. The number of nitrogens with zero attached hydrogens (tertiary/aromatic N) is 3. The smallest absolute Gasteiger partial charge is 0.341 e. The molecule has 3 rings (SSSR count). The third-order valence-electron chi connectivity index (χ3n) is 5.37. The van der Waals surface area contributed by atoms with E-state index in [0.29, 0.717) is 21.5 Å². The van der Waals surface area contributed by atoms with Crippen LogP contribution in [0.3, 0.4) is 0 Å². The molecule has 0 radical (unpaired) electrons. The number of hydrogen-bond acceptors (Lipinski definition) is 8. The van der Waals surface area contributed by atoms with E-state index >= 15 is 0 Å². The monoisotopic (exact) mass is 502 g/mol. The zero-order valence-electron chi connectivity index (χ0n) is 20.5. The van der Waals surface area contributed by atoms with Crippen LogP contribution in [0.4, 0.5) is 5.00 Å². The van der Waals surface area contributed by atoms with Gasteiger partial charge in [-0.05, 0) is 42.5 Å². The predicted octanol–water partition coefficient (Wildman–Crippen LogP) is 4.89. The molecule has 8 nitrogen and oxygen atoms in total. The maximum absolute atomic E-state index is 12.5. The standard InChI is InChI=1S/C24H30N4O4S2/c1-14-15(2)34-21(20(14)22(30)31-7)25-19(29)13-33-23-27-26-18(28(23)6)12-32-17-10-8-16(9-11-17)24(3,4)5/h8-11H,12-13H2,1-7H3,(H,25,29). The second-order valence-electron chi connectivity index (χ2n) is 8.84. The molecule has 0 atom stereocenters. The highest BCUT2D eigenvalue weighted by Gasteiger charge is 2.22. The Hall–Kier alpha value is -2.85. The normalized spacial score (nSPS) is 11.4. The first kappa shape index (κ1) is 25.8. The minimum absolute atomic E-state index is 0.0859. The van der Waals surface area contributed by atoms with Gasteiger partial charge in [-0.3, -0.25) is 4.79 Å². The maximum Gasteiger partial charge on any atom is 0.341 e. The van der Waals surface area contributed by atoms with Crippen LogP contribution in [0.15, 0.2) is 29.4 Å². The molecular formula is C24H30N4O4S2. The number of methoxy groups -OCH3 is 1. The lowest BCUT2D eigenvalue weighted by Gasteiger charge is -2.19. The molecule has 2 heterocycles. The van der Waals surface area contributed by atoms with E-state index in [-0.39, 0.29) is 23.7 Å². The van der Waals surface area contributed by atoms with Gasteiger partial charge in [-0.1, -0.05) is 44.7 Å². The number of aromatic nitrogens is 3. The summed E-state index contributed by atoms with van der Waals surface area (Å²) in [5.74, 6) is 0.831. The van der Waals surface area contributed by atoms with Crippen molar-refractivity contribution in [2.24, 2.45) is 7.05 Å². The van der Waals surface area contributed by atoms with Crippen LogP contribution in [0.2, 0.25) is 0 Å². The van der Waals surface area contributed by atoms with Gasteiger partial charge in [0, 0.05) is 11.9 Å². The number of nitrogens with one attached hydrogen (secondary N) is 1. The van der Waals surface area contributed by atoms with E-state index in [1.54, 1.807) is 4.57 Å². The molecule has 0 bridgehead atoms. The zero-order chi connectivity index (χ0) is 25.0. The average molecular weight is 503 g/mol. The third-order valence-corrected chi connectivity index (χ3v) is 7.52. The fraction of sp³-hybridized carbons (Fsp3) is 0.417. The number of thioether (sulfide) groups is 1. The van der Waals surface area contributed by atoms with E-state index in [0.717, 1.165) is 16.2 Å². The number of carbonyl (C=O) groups is 2. The Balaban J connectivity index is 1.57. The van der Waals surface area contributed by atoms with E-state index in [2.05, 4.69) is 48.4 Å². The van der Waals surface area contributed by atoms with Crippen LogP contribution < -0.4 is 10.1 Å². The highest BCUT2D eigenvalue weighted by atomic mass is 32.2. The van der Waals surface area contributed by atoms with Gasteiger partial charge in [0.15, 0.2) is 11.0 Å². The average Bonchev–Trinajstić information content (AvgIpc) is 3.28. The van der Waals surface area contributed by atoms with E-state index in [1.165, 1.54) is 35.8 Å². The van der Waals surface area contributed by atoms with Crippen LogP contribution in [0.1, 0.15) is 53.0 Å². The van der Waals surface area contributed by atoms with Crippen molar-refractivity contribution < 1.29 is 19.1 Å². The van der Waals surface area contributed by atoms with Gasteiger partial charge in [0.05, 0.1) is 18.4 Å². The van der Waals surface area contributed by atoms with Gasteiger partial charge in [0.2, 0.25) is 5.91 Å². The van der Waals surface area contributed by atoms with Gasteiger partial charge >= 0.3 is 5.97 Å². The lowest BCUT2D eigenvalue weighted by atomic mass is 9.87. The number of benzene rings is 1. The Morgan fingerprint density at radius 2 is 1.82 bits per heavy atom. The highest BCUT2D eigenvalue weighted by molar-refractivity contribution is 7.99. The molecule has 0 spiro atoms. The molecule has 0 fully saturated rings. The lowest BCUT2D eigenvalue weighted by molar-refractivity contribution is -0.113. The molecule has 0 saturated carbocycles. The van der Waals surface area contributed by atoms with E-state index < -0.39 is 5.97 Å². The molecule has 10 heteroatoms. The van der Waals surface area contributed by atoms with Crippen LogP contribution in [-0.2, 0) is 28.6 Å². The minimum Gasteiger partial charge on any atom is -0.486 e. The highest BCUT2D eigenvalue weighted by Crippen LogP contribution is 2.33. The maximum atomic E-state index is 12.5. The SMILES string of the molecule is COC(=O)c1c(NC(=O)CSc2nnc(COc3ccc(C(C)(C)C)cc3)n2C)sc(C)c1C. The number of ether oxygens (including phenoxy) is 2. The summed E-state index contributed by atoms with van der Waals surface area (Å²) in [6.45, 7) is 10.5. The predicted molar refractivity (Wildman–Crippen MR) is 135 cm³/mol. The van der Waals surface area contributed by atoms with E-state index in [9.17, 15) is 9.59 Å². The summed E-state index contributed by atoms with van der Waals surface area (Å²) in [7, 11) is 3.16. The number of anilines is 1. The molecule has 3 aromatic rings. The lowest BCUT2D eigenvalue weighted by Crippen LogP contribution is -2.16. The first-order valence-electron chi connectivity index (χ1n) is 10.7. The number of rotatable bonds is 8. The fourth-order valence-corrected chi connectivity index (χ4v) is 4.95. The minimum atomic E-state index is -0.462. The van der Waals surface area contributed by atoms with Crippen LogP contribution in [0.5, 0.6) is 5.75 Å². The van der Waals surface area contributed by atoms with E-state index in [1.807, 2.05) is 33.0 Å². The summed E-state index contributed by atoms with van der Waals surface area (Å²) in [5, 5.41) is 12.3. The fourth-order valence-electron chi connectivity index (χ4n) is 3.15. The van der Waals surface area contributed by atoms with Crippen molar-refractivity contribution in [3.8, 4) is 5.75 Å². The van der Waals surface area contributed by atoms with Crippen molar-refractivity contribution in [3.05, 3.63) is 51.7 Å². The van der Waals surface area contributed by atoms with Crippen LogP contribution in [0, 0.1) is 13.8 Å². The zero-order valence-corrected chi connectivity index (χ0v) is 22.1. The Morgan fingerprint density at radius 3 is 2.44 bits per heavy atom. The van der Waals surface area contributed by atoms with Crippen LogP contribution >= 0.6 is 23.1 Å². The van der Waals surface area contributed by atoms with Crippen LogP contribution in [0.25, 0.3) is 0 Å². The third kappa shape index (κ3) is 5.98. The van der Waals surface area contributed by atoms with Crippen molar-refractivity contribution in [3.63, 3.8) is 0 Å². The summed E-state index contributed by atoms with van der Waals surface area (Å²) in [6, 6.07) is 8.03. The molecule has 0 aliphatic carbocycles. The molecule has 0 unspecified atom stereocenters. The number of carbonyl (C=O) groups excluding carboxylic acids is 2. The van der Waals surface area contributed by atoms with E-state index in [4.69, 9.17) is 9.47 Å².